The van der Waals surface area contributed by atoms with Gasteiger partial charge in [0.15, 0.2) is 11.6 Å². The van der Waals surface area contributed by atoms with Crippen LogP contribution in [0.15, 0.2) is 35.4 Å². The van der Waals surface area contributed by atoms with E-state index >= 15 is 0 Å². The number of ketones is 1. The molecular weight excluding hydrogens is 399 g/mol. The molecule has 3 rings (SSSR count). The average Bonchev–Trinajstić information content (AvgIpc) is 3.00. The predicted molar refractivity (Wildman–Crippen MR) is 112 cm³/mol. The van der Waals surface area contributed by atoms with E-state index in [1.807, 2.05) is 30.3 Å². The van der Waals surface area contributed by atoms with Crippen LogP contribution in [0.1, 0.15) is 46.8 Å². The molecule has 0 spiro atoms. The number of hydrazine groups is 1. The number of hydrazone groups is 1. The Hall–Kier alpha value is -2.28. The van der Waals surface area contributed by atoms with Gasteiger partial charge in [-0.05, 0) is 30.0 Å². The third-order valence-corrected chi connectivity index (χ3v) is 5.65. The maximum Gasteiger partial charge on any atom is 0.168 e. The van der Waals surface area contributed by atoms with Crippen LogP contribution in [0.2, 0.25) is 10.0 Å². The Morgan fingerprint density at radius 1 is 1.29 bits per heavy atom. The molecule has 0 radical (unpaired) electrons. The van der Waals surface area contributed by atoms with E-state index in [1.54, 1.807) is 0 Å². The van der Waals surface area contributed by atoms with Crippen LogP contribution in [0.3, 0.4) is 0 Å². The summed E-state index contributed by atoms with van der Waals surface area (Å²) in [5.74, 6) is 5.95. The molecule has 0 fully saturated rings. The minimum absolute atomic E-state index is 0.0218. The summed E-state index contributed by atoms with van der Waals surface area (Å²) < 4.78 is 5.89. The standard InChI is InChI=1S/C20H22Cl2N4O2/c1-2-3-13-8-14-9-15(17(21)18(22)16(14)19(13)27)28-10-11-4-6-12(7-5-11)20(23)25-26-24/h4-7,9,13,26H,2-3,8,10,24H2,1H3,(H2,23,25). The van der Waals surface area contributed by atoms with Gasteiger partial charge in [0.1, 0.15) is 17.4 Å². The normalized spacial score (nSPS) is 16.2. The van der Waals surface area contributed by atoms with E-state index in [-0.39, 0.29) is 27.6 Å². The number of carbonyl (C=O) groups excluding carboxylic acids is 1. The molecule has 0 aliphatic heterocycles. The second-order valence-corrected chi connectivity index (χ2v) is 7.46. The largest absolute Gasteiger partial charge is 0.487 e. The number of halogens is 2. The van der Waals surface area contributed by atoms with Gasteiger partial charge in [0.2, 0.25) is 0 Å². The van der Waals surface area contributed by atoms with E-state index in [0.717, 1.165) is 29.5 Å². The quantitative estimate of drug-likeness (QED) is 0.273. The number of benzene rings is 2. The molecule has 1 aliphatic carbocycles. The minimum atomic E-state index is -0.0218. The molecule has 0 amide bonds. The SMILES string of the molecule is CCCC1Cc2cc(OCc3ccc(/C(N)=N/NN)cc3)c(Cl)c(Cl)c2C1=O. The number of nitrogens with two attached hydrogens (primary N) is 2. The molecule has 2 aromatic rings. The molecule has 1 aliphatic rings. The number of nitrogens with zero attached hydrogens (tertiary/aromatic N) is 1. The smallest absolute Gasteiger partial charge is 0.168 e. The first-order valence-corrected chi connectivity index (χ1v) is 9.77. The molecule has 0 aromatic heterocycles. The van der Waals surface area contributed by atoms with E-state index in [1.165, 1.54) is 0 Å². The predicted octanol–water partition coefficient (Wildman–Crippen LogP) is 3.81. The third kappa shape index (κ3) is 4.09. The van der Waals surface area contributed by atoms with Crippen molar-refractivity contribution in [1.29, 1.82) is 0 Å². The monoisotopic (exact) mass is 420 g/mol. The Labute approximate surface area is 173 Å². The van der Waals surface area contributed by atoms with Gasteiger partial charge in [0, 0.05) is 17.0 Å². The molecular formula is C20H22Cl2N4O2. The van der Waals surface area contributed by atoms with Gasteiger partial charge < -0.3 is 10.5 Å². The minimum Gasteiger partial charge on any atom is -0.487 e. The van der Waals surface area contributed by atoms with Crippen LogP contribution < -0.4 is 21.8 Å². The van der Waals surface area contributed by atoms with Gasteiger partial charge >= 0.3 is 0 Å². The lowest BCUT2D eigenvalue weighted by Gasteiger charge is -2.12. The van der Waals surface area contributed by atoms with E-state index in [0.29, 0.717) is 24.3 Å². The Morgan fingerprint density at radius 2 is 2.00 bits per heavy atom. The lowest BCUT2D eigenvalue weighted by Crippen LogP contribution is -2.22. The van der Waals surface area contributed by atoms with Gasteiger partial charge in [-0.2, -0.15) is 0 Å². The fourth-order valence-electron chi connectivity index (χ4n) is 3.40. The summed E-state index contributed by atoms with van der Waals surface area (Å²) in [6.07, 6.45) is 2.47. The molecule has 148 valence electrons. The van der Waals surface area contributed by atoms with E-state index in [2.05, 4.69) is 17.6 Å². The number of carbonyl (C=O) groups is 1. The van der Waals surface area contributed by atoms with E-state index < -0.39 is 0 Å². The zero-order valence-corrected chi connectivity index (χ0v) is 17.0. The van der Waals surface area contributed by atoms with Crippen molar-refractivity contribution < 1.29 is 9.53 Å². The summed E-state index contributed by atoms with van der Waals surface area (Å²) in [6, 6.07) is 9.22. The van der Waals surface area contributed by atoms with Crippen molar-refractivity contribution in [3.8, 4) is 5.75 Å². The summed E-state index contributed by atoms with van der Waals surface area (Å²) in [6.45, 7) is 2.37. The first-order chi connectivity index (χ1) is 13.5. The third-order valence-electron chi connectivity index (χ3n) is 4.80. The number of amidine groups is 1. The van der Waals surface area contributed by atoms with Crippen molar-refractivity contribution in [2.75, 3.05) is 0 Å². The zero-order valence-electron chi connectivity index (χ0n) is 15.5. The van der Waals surface area contributed by atoms with Gasteiger partial charge in [0.05, 0.1) is 5.02 Å². The highest BCUT2D eigenvalue weighted by atomic mass is 35.5. The van der Waals surface area contributed by atoms with Crippen molar-refractivity contribution in [3.63, 3.8) is 0 Å². The molecule has 1 atom stereocenters. The Bertz CT molecular complexity index is 913. The highest BCUT2D eigenvalue weighted by Gasteiger charge is 2.34. The summed E-state index contributed by atoms with van der Waals surface area (Å²) in [5, 5.41) is 4.28. The summed E-state index contributed by atoms with van der Waals surface area (Å²) in [4.78, 5) is 12.6. The van der Waals surface area contributed by atoms with E-state index in [4.69, 9.17) is 39.5 Å². The molecule has 2 aromatic carbocycles. The Morgan fingerprint density at radius 3 is 2.64 bits per heavy atom. The molecule has 28 heavy (non-hydrogen) atoms. The van der Waals surface area contributed by atoms with Crippen molar-refractivity contribution in [2.24, 2.45) is 22.6 Å². The zero-order chi connectivity index (χ0) is 20.3. The topological polar surface area (TPSA) is 103 Å². The molecule has 0 heterocycles. The first-order valence-electron chi connectivity index (χ1n) is 9.02. The van der Waals surface area contributed by atoms with Crippen molar-refractivity contribution in [2.45, 2.75) is 32.8 Å². The van der Waals surface area contributed by atoms with Crippen LogP contribution in [-0.4, -0.2) is 11.6 Å². The van der Waals surface area contributed by atoms with Crippen LogP contribution in [0.4, 0.5) is 0 Å². The Balaban J connectivity index is 1.76. The molecule has 5 N–H and O–H groups in total. The lowest BCUT2D eigenvalue weighted by atomic mass is 10.00. The molecule has 0 saturated heterocycles. The number of hydrogen-bond donors (Lipinski definition) is 3. The molecule has 1 unspecified atom stereocenters. The van der Waals surface area contributed by atoms with Crippen LogP contribution in [0.5, 0.6) is 5.75 Å². The summed E-state index contributed by atoms with van der Waals surface area (Å²) >= 11 is 12.8. The van der Waals surface area contributed by atoms with Gasteiger partial charge in [-0.15, -0.1) is 5.10 Å². The maximum atomic E-state index is 12.6. The van der Waals surface area contributed by atoms with Crippen molar-refractivity contribution >= 4 is 34.8 Å². The first kappa shape index (κ1) is 20.5. The second kappa shape index (κ2) is 8.82. The molecule has 0 saturated carbocycles. The second-order valence-electron chi connectivity index (χ2n) is 6.70. The highest BCUT2D eigenvalue weighted by molar-refractivity contribution is 6.45. The van der Waals surface area contributed by atoms with Gasteiger partial charge in [-0.25, -0.2) is 11.4 Å². The summed E-state index contributed by atoms with van der Waals surface area (Å²) in [7, 11) is 0. The number of hydrogen-bond acceptors (Lipinski definition) is 5. The number of fused-ring (bicyclic) bond motifs is 1. The highest BCUT2D eigenvalue weighted by Crippen LogP contribution is 2.43. The van der Waals surface area contributed by atoms with Gasteiger partial charge in [-0.1, -0.05) is 60.8 Å². The number of Topliss-reactive ketones (excluding diaryl/α,β-unsaturated/α-hetero) is 1. The van der Waals surface area contributed by atoms with Gasteiger partial charge in [0.25, 0.3) is 0 Å². The number of nitrogens with one attached hydrogen (secondary N) is 1. The van der Waals surface area contributed by atoms with E-state index in [9.17, 15) is 4.79 Å². The lowest BCUT2D eigenvalue weighted by molar-refractivity contribution is 0.0930. The number of rotatable bonds is 7. The number of ether oxygens (including phenoxy) is 1. The van der Waals surface area contributed by atoms with Crippen molar-refractivity contribution in [3.05, 3.63) is 62.6 Å². The molecule has 8 heteroatoms. The fraction of sp³-hybridized carbons (Fsp3) is 0.300. The van der Waals surface area contributed by atoms with Crippen LogP contribution >= 0.6 is 23.2 Å². The van der Waals surface area contributed by atoms with Gasteiger partial charge in [-0.3, -0.25) is 4.79 Å². The molecule has 6 nitrogen and oxygen atoms in total. The van der Waals surface area contributed by atoms with Crippen LogP contribution in [-0.2, 0) is 13.0 Å². The average molecular weight is 421 g/mol. The van der Waals surface area contributed by atoms with Crippen LogP contribution in [0, 0.1) is 5.92 Å². The van der Waals surface area contributed by atoms with Crippen LogP contribution in [0.25, 0.3) is 0 Å². The fourth-order valence-corrected chi connectivity index (χ4v) is 3.91. The molecule has 0 bridgehead atoms. The van der Waals surface area contributed by atoms with Crippen molar-refractivity contribution in [1.82, 2.24) is 5.53 Å². The Kier molecular flexibility index (Phi) is 6.44. The maximum absolute atomic E-state index is 12.6. The summed E-state index contributed by atoms with van der Waals surface area (Å²) in [5.41, 5.74) is 11.0.